The quantitative estimate of drug-likeness (QED) is 0.373. The number of rotatable bonds is 9. The molecule has 0 amide bonds. The van der Waals surface area contributed by atoms with Crippen LogP contribution in [0.3, 0.4) is 0 Å². The Hall–Kier alpha value is -2.93. The van der Waals surface area contributed by atoms with Crippen LogP contribution in [0.25, 0.3) is 10.9 Å². The van der Waals surface area contributed by atoms with Gasteiger partial charge in [0.15, 0.2) is 5.96 Å². The highest BCUT2D eigenvalue weighted by Gasteiger charge is 2.15. The van der Waals surface area contributed by atoms with E-state index < -0.39 is 0 Å². The van der Waals surface area contributed by atoms with Crippen LogP contribution < -0.4 is 15.4 Å². The van der Waals surface area contributed by atoms with Crippen molar-refractivity contribution >= 4 is 16.9 Å². The average molecular weight is 411 g/mol. The molecule has 4 rings (SSSR count). The fourth-order valence-electron chi connectivity index (χ4n) is 3.78. The summed E-state index contributed by atoms with van der Waals surface area (Å²) < 4.78 is 16.4. The zero-order valence-corrected chi connectivity index (χ0v) is 17.4. The van der Waals surface area contributed by atoms with Crippen LogP contribution in [0.2, 0.25) is 0 Å². The smallest absolute Gasteiger partial charge is 0.191 e. The third kappa shape index (κ3) is 5.16. The van der Waals surface area contributed by atoms with Crippen LogP contribution in [-0.4, -0.2) is 50.9 Å². The molecule has 7 nitrogen and oxygen atoms in total. The lowest BCUT2D eigenvalue weighted by Crippen LogP contribution is -2.39. The molecule has 1 aliphatic heterocycles. The molecule has 1 aliphatic rings. The number of aromatic nitrogens is 1. The Morgan fingerprint density at radius 2 is 2.10 bits per heavy atom. The summed E-state index contributed by atoms with van der Waals surface area (Å²) in [6.45, 7) is 3.97. The monoisotopic (exact) mass is 410 g/mol. The zero-order chi connectivity index (χ0) is 20.6. The van der Waals surface area contributed by atoms with Gasteiger partial charge in [-0.15, -0.1) is 0 Å². The largest absolute Gasteiger partial charge is 0.496 e. The minimum Gasteiger partial charge on any atom is -0.496 e. The van der Waals surface area contributed by atoms with E-state index in [0.717, 1.165) is 80.5 Å². The molecule has 0 radical (unpaired) electrons. The van der Waals surface area contributed by atoms with Crippen LogP contribution in [0.15, 0.2) is 52.2 Å². The van der Waals surface area contributed by atoms with Crippen LogP contribution in [0.5, 0.6) is 5.75 Å². The molecular formula is C23H30N4O3. The van der Waals surface area contributed by atoms with Crippen LogP contribution in [0.4, 0.5) is 0 Å². The number of aromatic amines is 1. The summed E-state index contributed by atoms with van der Waals surface area (Å²) >= 11 is 0. The van der Waals surface area contributed by atoms with Crippen molar-refractivity contribution in [2.45, 2.75) is 19.3 Å². The van der Waals surface area contributed by atoms with E-state index in [1.165, 1.54) is 5.56 Å². The number of benzene rings is 1. The van der Waals surface area contributed by atoms with Crippen LogP contribution in [-0.2, 0) is 17.6 Å². The lowest BCUT2D eigenvalue weighted by Gasteiger charge is -2.13. The maximum Gasteiger partial charge on any atom is 0.191 e. The van der Waals surface area contributed by atoms with Gasteiger partial charge in [0.25, 0.3) is 0 Å². The number of fused-ring (bicyclic) bond motifs is 1. The number of nitrogens with zero attached hydrogens (tertiary/aromatic N) is 1. The van der Waals surface area contributed by atoms with Gasteiger partial charge in [-0.05, 0) is 42.7 Å². The van der Waals surface area contributed by atoms with Crippen molar-refractivity contribution in [1.82, 2.24) is 15.6 Å². The molecule has 3 heterocycles. The van der Waals surface area contributed by atoms with Gasteiger partial charge in [0.2, 0.25) is 0 Å². The average Bonchev–Trinajstić information content (AvgIpc) is 3.53. The molecule has 1 atom stereocenters. The Bertz CT molecular complexity index is 943. The highest BCUT2D eigenvalue weighted by molar-refractivity contribution is 5.89. The molecule has 1 unspecified atom stereocenters. The first kappa shape index (κ1) is 20.3. The Morgan fingerprint density at radius 3 is 2.87 bits per heavy atom. The lowest BCUT2D eigenvalue weighted by molar-refractivity contribution is 0.187. The number of furan rings is 1. The molecular weight excluding hydrogens is 380 g/mol. The number of H-pyrrole nitrogens is 1. The van der Waals surface area contributed by atoms with E-state index in [4.69, 9.17) is 18.9 Å². The summed E-state index contributed by atoms with van der Waals surface area (Å²) in [5.74, 6) is 3.21. The normalized spacial score (nSPS) is 16.8. The lowest BCUT2D eigenvalue weighted by atomic mass is 10.1. The molecule has 0 aliphatic carbocycles. The van der Waals surface area contributed by atoms with Gasteiger partial charge in [-0.2, -0.15) is 0 Å². The number of nitrogens with one attached hydrogen (secondary N) is 3. The van der Waals surface area contributed by atoms with Crippen molar-refractivity contribution < 1.29 is 13.9 Å². The highest BCUT2D eigenvalue weighted by atomic mass is 16.5. The van der Waals surface area contributed by atoms with Crippen molar-refractivity contribution in [1.29, 1.82) is 0 Å². The molecule has 30 heavy (non-hydrogen) atoms. The highest BCUT2D eigenvalue weighted by Crippen LogP contribution is 2.28. The number of guanidine groups is 1. The predicted molar refractivity (Wildman–Crippen MR) is 118 cm³/mol. The van der Waals surface area contributed by atoms with E-state index in [-0.39, 0.29) is 0 Å². The topological polar surface area (TPSA) is 83.8 Å². The molecule has 1 aromatic carbocycles. The Morgan fingerprint density at radius 1 is 1.20 bits per heavy atom. The van der Waals surface area contributed by atoms with Crippen molar-refractivity contribution in [3.63, 3.8) is 0 Å². The molecule has 0 saturated carbocycles. The first-order valence-corrected chi connectivity index (χ1v) is 10.6. The third-order valence-corrected chi connectivity index (χ3v) is 5.43. The number of aliphatic imine (C=N–C) groups is 1. The summed E-state index contributed by atoms with van der Waals surface area (Å²) in [4.78, 5) is 8.13. The van der Waals surface area contributed by atoms with Gasteiger partial charge < -0.3 is 29.5 Å². The van der Waals surface area contributed by atoms with Gasteiger partial charge in [-0.1, -0.05) is 6.07 Å². The maximum absolute atomic E-state index is 5.54. The molecule has 3 N–H and O–H groups in total. The minimum atomic E-state index is 0.506. The van der Waals surface area contributed by atoms with E-state index in [0.29, 0.717) is 5.92 Å². The zero-order valence-electron chi connectivity index (χ0n) is 17.4. The van der Waals surface area contributed by atoms with Gasteiger partial charge in [-0.25, -0.2) is 0 Å². The van der Waals surface area contributed by atoms with Gasteiger partial charge in [0.05, 0.1) is 20.0 Å². The second kappa shape index (κ2) is 10.2. The number of methoxy groups -OCH3 is 1. The fourth-order valence-corrected chi connectivity index (χ4v) is 3.78. The molecule has 160 valence electrons. The summed E-state index contributed by atoms with van der Waals surface area (Å²) in [5, 5.41) is 8.05. The Balaban J connectivity index is 1.35. The van der Waals surface area contributed by atoms with E-state index in [1.807, 2.05) is 24.3 Å². The molecule has 2 aromatic heterocycles. The number of hydrogen-bond donors (Lipinski definition) is 3. The van der Waals surface area contributed by atoms with Crippen LogP contribution in [0, 0.1) is 5.92 Å². The first-order valence-electron chi connectivity index (χ1n) is 10.6. The Labute approximate surface area is 176 Å². The summed E-state index contributed by atoms with van der Waals surface area (Å²) in [7, 11) is 1.71. The van der Waals surface area contributed by atoms with Crippen molar-refractivity contribution in [2.24, 2.45) is 10.9 Å². The predicted octanol–water partition coefficient (Wildman–Crippen LogP) is 3.13. The summed E-state index contributed by atoms with van der Waals surface area (Å²) in [5.41, 5.74) is 2.32. The van der Waals surface area contributed by atoms with E-state index in [2.05, 4.69) is 27.9 Å². The van der Waals surface area contributed by atoms with Gasteiger partial charge >= 0.3 is 0 Å². The van der Waals surface area contributed by atoms with Crippen molar-refractivity contribution in [3.8, 4) is 5.75 Å². The second-order valence-electron chi connectivity index (χ2n) is 7.55. The van der Waals surface area contributed by atoms with E-state index in [1.54, 1.807) is 13.4 Å². The second-order valence-corrected chi connectivity index (χ2v) is 7.55. The number of hydrogen-bond acceptors (Lipinski definition) is 4. The van der Waals surface area contributed by atoms with E-state index in [9.17, 15) is 0 Å². The maximum atomic E-state index is 5.54. The fraction of sp³-hybridized carbons (Fsp3) is 0.435. The summed E-state index contributed by atoms with van der Waals surface area (Å²) in [6, 6.07) is 9.98. The van der Waals surface area contributed by atoms with Crippen molar-refractivity contribution in [2.75, 3.05) is 40.0 Å². The van der Waals surface area contributed by atoms with Gasteiger partial charge in [0.1, 0.15) is 11.5 Å². The van der Waals surface area contributed by atoms with Gasteiger partial charge in [-0.3, -0.25) is 4.99 Å². The molecule has 7 heteroatoms. The van der Waals surface area contributed by atoms with Crippen LogP contribution in [0.1, 0.15) is 17.7 Å². The molecule has 0 spiro atoms. The summed E-state index contributed by atoms with van der Waals surface area (Å²) in [6.07, 6.45) is 6.54. The SMILES string of the molecule is COc1cccc2[nH]cc(CCNC(=NCC3CCOC3)NCCc3ccco3)c12. The molecule has 3 aromatic rings. The molecule has 0 bridgehead atoms. The molecule has 1 fully saturated rings. The van der Waals surface area contributed by atoms with Crippen LogP contribution >= 0.6 is 0 Å². The number of ether oxygens (including phenoxy) is 2. The molecule has 1 saturated heterocycles. The van der Waals surface area contributed by atoms with Gasteiger partial charge in [0, 0.05) is 55.7 Å². The standard InChI is InChI=1S/C23H30N4O3/c1-28-21-6-2-5-20-22(21)18(15-26-20)7-10-24-23(27-14-17-9-13-29-16-17)25-11-8-19-4-3-12-30-19/h2-6,12,15,17,26H,7-11,13-14,16H2,1H3,(H2,24,25,27). The van der Waals surface area contributed by atoms with E-state index >= 15 is 0 Å². The Kier molecular flexibility index (Phi) is 6.92. The minimum absolute atomic E-state index is 0.506. The first-order chi connectivity index (χ1) is 14.8. The third-order valence-electron chi connectivity index (χ3n) is 5.43. The van der Waals surface area contributed by atoms with Crippen molar-refractivity contribution in [3.05, 3.63) is 54.1 Å².